The summed E-state index contributed by atoms with van der Waals surface area (Å²) in [6.45, 7) is 9.84. The molecule has 0 bridgehead atoms. The zero-order chi connectivity index (χ0) is 15.0. The van der Waals surface area contributed by atoms with E-state index in [1.54, 1.807) is 6.07 Å². The minimum atomic E-state index is -0.582. The van der Waals surface area contributed by atoms with Gasteiger partial charge in [0.25, 0.3) is 0 Å². The molecule has 1 unspecified atom stereocenters. The average molecular weight is 293 g/mol. The van der Waals surface area contributed by atoms with Gasteiger partial charge in [-0.3, -0.25) is 4.79 Å². The van der Waals surface area contributed by atoms with E-state index in [0.29, 0.717) is 24.4 Å². The van der Waals surface area contributed by atoms with Gasteiger partial charge in [0.05, 0.1) is 16.6 Å². The van der Waals surface area contributed by atoms with Crippen LogP contribution in [0, 0.1) is 0 Å². The zero-order valence-electron chi connectivity index (χ0n) is 12.3. The molecule has 0 aliphatic carbocycles. The first-order valence-corrected chi connectivity index (χ1v) is 7.42. The Bertz CT molecular complexity index is 551. The lowest BCUT2D eigenvalue weighted by Gasteiger charge is -2.44. The molecule has 1 aliphatic heterocycles. The molecule has 0 aromatic carbocycles. The predicted octanol–water partition coefficient (Wildman–Crippen LogP) is 3.71. The Hall–Kier alpha value is -1.35. The van der Waals surface area contributed by atoms with E-state index < -0.39 is 11.0 Å². The largest absolute Gasteiger partial charge is 0.346 e. The van der Waals surface area contributed by atoms with Gasteiger partial charge in [-0.2, -0.15) is 0 Å². The van der Waals surface area contributed by atoms with Gasteiger partial charge in [-0.25, -0.2) is 4.98 Å². The molecule has 0 spiro atoms. The first kappa shape index (κ1) is 15.0. The number of halogens is 1. The van der Waals surface area contributed by atoms with Crippen LogP contribution in [0.4, 0.5) is 0 Å². The van der Waals surface area contributed by atoms with Crippen molar-refractivity contribution in [2.75, 3.05) is 0 Å². The van der Waals surface area contributed by atoms with Gasteiger partial charge in [0.2, 0.25) is 5.91 Å². The number of fused-ring (bicyclic) bond motifs is 1. The van der Waals surface area contributed by atoms with Crippen molar-refractivity contribution in [2.45, 2.75) is 51.0 Å². The van der Waals surface area contributed by atoms with Crippen LogP contribution in [0.5, 0.6) is 0 Å². The zero-order valence-corrected chi connectivity index (χ0v) is 13.0. The number of pyridine rings is 1. The van der Waals surface area contributed by atoms with Crippen molar-refractivity contribution in [3.63, 3.8) is 0 Å². The Morgan fingerprint density at radius 1 is 1.40 bits per heavy atom. The van der Waals surface area contributed by atoms with Gasteiger partial charge < -0.3 is 5.32 Å². The molecule has 20 heavy (non-hydrogen) atoms. The fourth-order valence-electron chi connectivity index (χ4n) is 3.15. The Balaban J connectivity index is 2.73. The number of carbonyl (C=O) groups is 1. The van der Waals surface area contributed by atoms with Crippen LogP contribution in [0.15, 0.2) is 24.8 Å². The van der Waals surface area contributed by atoms with E-state index >= 15 is 0 Å². The predicted molar refractivity (Wildman–Crippen MR) is 81.8 cm³/mol. The molecule has 0 radical (unpaired) electrons. The van der Waals surface area contributed by atoms with Crippen molar-refractivity contribution in [3.05, 3.63) is 41.2 Å². The summed E-state index contributed by atoms with van der Waals surface area (Å²) in [7, 11) is 0. The topological polar surface area (TPSA) is 42.0 Å². The highest BCUT2D eigenvalue weighted by Crippen LogP contribution is 2.43. The molecule has 3 nitrogen and oxygen atoms in total. The molecule has 2 rings (SSSR count). The van der Waals surface area contributed by atoms with Crippen LogP contribution in [-0.4, -0.2) is 10.9 Å². The molecule has 0 saturated heterocycles. The Kier molecular flexibility index (Phi) is 3.92. The van der Waals surface area contributed by atoms with Crippen LogP contribution in [0.2, 0.25) is 5.15 Å². The number of nitrogens with one attached hydrogen (secondary N) is 1. The summed E-state index contributed by atoms with van der Waals surface area (Å²) in [6.07, 6.45) is 3.90. The van der Waals surface area contributed by atoms with Gasteiger partial charge in [-0.1, -0.05) is 37.6 Å². The third kappa shape index (κ3) is 2.05. The number of amides is 1. The Morgan fingerprint density at radius 3 is 2.60 bits per heavy atom. The second-order valence-electron chi connectivity index (χ2n) is 5.60. The molecular formula is C16H21ClN2O. The van der Waals surface area contributed by atoms with E-state index in [9.17, 15) is 4.79 Å². The quantitative estimate of drug-likeness (QED) is 0.679. The first-order chi connectivity index (χ1) is 9.43. The van der Waals surface area contributed by atoms with E-state index in [0.717, 1.165) is 11.3 Å². The minimum Gasteiger partial charge on any atom is -0.346 e. The highest BCUT2D eigenvalue weighted by Gasteiger charge is 2.49. The van der Waals surface area contributed by atoms with Crippen LogP contribution in [-0.2, 0) is 15.7 Å². The monoisotopic (exact) mass is 292 g/mol. The molecule has 2 heterocycles. The fourth-order valence-corrected chi connectivity index (χ4v) is 3.29. The van der Waals surface area contributed by atoms with Crippen LogP contribution in [0.3, 0.4) is 0 Å². The van der Waals surface area contributed by atoms with E-state index in [2.05, 4.69) is 16.9 Å². The van der Waals surface area contributed by atoms with E-state index in [1.165, 1.54) is 0 Å². The molecular weight excluding hydrogens is 272 g/mol. The third-order valence-corrected chi connectivity index (χ3v) is 4.70. The lowest BCUT2D eigenvalue weighted by atomic mass is 9.68. The maximum absolute atomic E-state index is 12.7. The van der Waals surface area contributed by atoms with Crippen LogP contribution in [0.25, 0.3) is 0 Å². The lowest BCUT2D eigenvalue weighted by Crippen LogP contribution is -2.58. The van der Waals surface area contributed by atoms with Crippen molar-refractivity contribution in [1.82, 2.24) is 10.3 Å². The molecule has 1 atom stereocenters. The number of rotatable bonds is 4. The highest BCUT2D eigenvalue weighted by molar-refractivity contribution is 6.29. The SMILES string of the molecule is C=CCC1(C)NC(=O)C(CC)(CC)c2nc(Cl)ccc21. The average Bonchev–Trinajstić information content (AvgIpc) is 2.40. The standard InChI is InChI=1S/C16H21ClN2O/c1-5-10-15(4)11-8-9-12(17)18-13(11)16(6-2,7-3)14(20)19-15/h5,8-9H,1,6-7,10H2,2-4H3,(H,19,20). The van der Waals surface area contributed by atoms with E-state index in [-0.39, 0.29) is 5.91 Å². The van der Waals surface area contributed by atoms with E-state index in [4.69, 9.17) is 11.6 Å². The van der Waals surface area contributed by atoms with Crippen molar-refractivity contribution < 1.29 is 4.79 Å². The molecule has 108 valence electrons. The number of carbonyl (C=O) groups excluding carboxylic acids is 1. The van der Waals surface area contributed by atoms with Crippen LogP contribution >= 0.6 is 11.6 Å². The summed E-state index contributed by atoms with van der Waals surface area (Å²) in [5.74, 6) is 0.0362. The number of aromatic nitrogens is 1. The smallest absolute Gasteiger partial charge is 0.232 e. The highest BCUT2D eigenvalue weighted by atomic mass is 35.5. The van der Waals surface area contributed by atoms with Crippen molar-refractivity contribution >= 4 is 17.5 Å². The Labute approximate surface area is 125 Å². The van der Waals surface area contributed by atoms with Crippen molar-refractivity contribution in [2.24, 2.45) is 0 Å². The van der Waals surface area contributed by atoms with Crippen molar-refractivity contribution in [1.29, 1.82) is 0 Å². The minimum absolute atomic E-state index is 0.0362. The van der Waals surface area contributed by atoms with Gasteiger partial charge in [-0.15, -0.1) is 6.58 Å². The first-order valence-electron chi connectivity index (χ1n) is 7.04. The molecule has 1 amide bonds. The summed E-state index contributed by atoms with van der Waals surface area (Å²) in [4.78, 5) is 17.2. The van der Waals surface area contributed by atoms with Gasteiger partial charge in [0, 0.05) is 5.56 Å². The summed E-state index contributed by atoms with van der Waals surface area (Å²) in [5.41, 5.74) is 0.828. The maximum atomic E-state index is 12.7. The summed E-state index contributed by atoms with van der Waals surface area (Å²) in [6, 6.07) is 3.77. The van der Waals surface area contributed by atoms with Gasteiger partial charge in [0.15, 0.2) is 0 Å². The van der Waals surface area contributed by atoms with Gasteiger partial charge in [0.1, 0.15) is 5.15 Å². The maximum Gasteiger partial charge on any atom is 0.232 e. The summed E-state index contributed by atoms with van der Waals surface area (Å²) >= 11 is 6.07. The Morgan fingerprint density at radius 2 is 2.05 bits per heavy atom. The molecule has 1 aromatic rings. The molecule has 1 aliphatic rings. The van der Waals surface area contributed by atoms with Crippen molar-refractivity contribution in [3.8, 4) is 0 Å². The second-order valence-corrected chi connectivity index (χ2v) is 5.99. The molecule has 4 heteroatoms. The molecule has 1 aromatic heterocycles. The molecule has 0 saturated carbocycles. The number of nitrogens with zero attached hydrogens (tertiary/aromatic N) is 1. The number of hydrogen-bond acceptors (Lipinski definition) is 2. The summed E-state index contributed by atoms with van der Waals surface area (Å²) < 4.78 is 0. The van der Waals surface area contributed by atoms with E-state index in [1.807, 2.05) is 32.9 Å². The van der Waals surface area contributed by atoms with Gasteiger partial charge >= 0.3 is 0 Å². The third-order valence-electron chi connectivity index (χ3n) is 4.49. The molecule has 1 N–H and O–H groups in total. The summed E-state index contributed by atoms with van der Waals surface area (Å²) in [5, 5.41) is 3.60. The van der Waals surface area contributed by atoms with Gasteiger partial charge in [-0.05, 0) is 32.3 Å². The van der Waals surface area contributed by atoms with Crippen LogP contribution < -0.4 is 5.32 Å². The molecule has 0 fully saturated rings. The fraction of sp³-hybridized carbons (Fsp3) is 0.500. The second kappa shape index (κ2) is 5.21. The van der Waals surface area contributed by atoms with Crippen LogP contribution in [0.1, 0.15) is 51.3 Å². The number of hydrogen-bond donors (Lipinski definition) is 1. The normalized spacial score (nSPS) is 23.9. The lowest BCUT2D eigenvalue weighted by molar-refractivity contribution is -0.130.